The molecule has 0 atom stereocenters. The highest BCUT2D eigenvalue weighted by Gasteiger charge is 2.08. The average Bonchev–Trinajstić information content (AvgIpc) is 1.83. The Hall–Kier alpha value is -0.570. The minimum atomic E-state index is -0.231. The van der Waals surface area contributed by atoms with Crippen LogP contribution in [0.5, 0.6) is 0 Å². The monoisotopic (exact) mass is 174 g/mol. The molecule has 12 heavy (non-hydrogen) atoms. The van der Waals surface area contributed by atoms with Gasteiger partial charge >= 0.3 is 5.97 Å². The quantitative estimate of drug-likeness (QED) is 0.481. The van der Waals surface area contributed by atoms with Gasteiger partial charge in [0.2, 0.25) is 0 Å². The van der Waals surface area contributed by atoms with Crippen LogP contribution in [0.15, 0.2) is 0 Å². The molecular weight excluding hydrogens is 156 g/mol. The molecule has 0 N–H and O–H groups in total. The first-order chi connectivity index (χ1) is 5.42. The topological polar surface area (TPSA) is 35.5 Å². The predicted octanol–water partition coefficient (Wildman–Crippen LogP) is 1.75. The van der Waals surface area contributed by atoms with Crippen LogP contribution in [-0.2, 0) is 14.3 Å². The molecule has 0 aliphatic heterocycles. The summed E-state index contributed by atoms with van der Waals surface area (Å²) in [6.45, 7) is 8.49. The fourth-order valence-corrected chi connectivity index (χ4v) is 0.653. The van der Waals surface area contributed by atoms with Crippen LogP contribution < -0.4 is 0 Å². The van der Waals surface area contributed by atoms with Gasteiger partial charge in [0.25, 0.3) is 0 Å². The molecule has 0 rings (SSSR count). The molecule has 0 aromatic rings. The highest BCUT2D eigenvalue weighted by Crippen LogP contribution is 2.06. The fraction of sp³-hybridized carbons (Fsp3) is 0.889. The van der Waals surface area contributed by atoms with Crippen molar-refractivity contribution >= 4 is 5.97 Å². The van der Waals surface area contributed by atoms with Crippen molar-refractivity contribution in [2.24, 2.45) is 0 Å². The van der Waals surface area contributed by atoms with Crippen LogP contribution >= 0.6 is 0 Å². The maximum atomic E-state index is 10.3. The molecule has 0 heterocycles. The zero-order chi connectivity index (χ0) is 9.61. The second kappa shape index (κ2) is 5.14. The molecule has 0 saturated carbocycles. The van der Waals surface area contributed by atoms with E-state index in [9.17, 15) is 4.79 Å². The Kier molecular flexibility index (Phi) is 4.90. The third-order valence-electron chi connectivity index (χ3n) is 1.13. The minimum absolute atomic E-state index is 0.101. The Balaban J connectivity index is 3.17. The van der Waals surface area contributed by atoms with E-state index >= 15 is 0 Å². The van der Waals surface area contributed by atoms with Gasteiger partial charge in [-0.2, -0.15) is 0 Å². The Morgan fingerprint density at radius 2 is 1.83 bits per heavy atom. The molecule has 0 aromatic carbocycles. The Morgan fingerprint density at radius 3 is 2.25 bits per heavy atom. The number of carbonyl (C=O) groups is 1. The summed E-state index contributed by atoms with van der Waals surface area (Å²) in [5, 5.41) is 0. The summed E-state index contributed by atoms with van der Waals surface area (Å²) >= 11 is 0. The lowest BCUT2D eigenvalue weighted by molar-refractivity contribution is -0.141. The summed E-state index contributed by atoms with van der Waals surface area (Å²) in [5.41, 5.74) is -0.101. The van der Waals surface area contributed by atoms with Gasteiger partial charge < -0.3 is 9.47 Å². The molecule has 3 nitrogen and oxygen atoms in total. The summed E-state index contributed by atoms with van der Waals surface area (Å²) in [7, 11) is 0. The van der Waals surface area contributed by atoms with Crippen LogP contribution in [-0.4, -0.2) is 24.8 Å². The van der Waals surface area contributed by atoms with Gasteiger partial charge in [-0.25, -0.2) is 0 Å². The Morgan fingerprint density at radius 1 is 1.25 bits per heavy atom. The van der Waals surface area contributed by atoms with Crippen LogP contribution in [0.4, 0.5) is 0 Å². The van der Waals surface area contributed by atoms with E-state index < -0.39 is 0 Å². The Bertz CT molecular complexity index is 135. The van der Waals surface area contributed by atoms with Gasteiger partial charge in [-0.15, -0.1) is 0 Å². The fourth-order valence-electron chi connectivity index (χ4n) is 0.653. The molecular formula is C9H18O3. The van der Waals surface area contributed by atoms with Crippen molar-refractivity contribution in [1.29, 1.82) is 0 Å². The van der Waals surface area contributed by atoms with Gasteiger partial charge in [0.05, 0.1) is 18.8 Å². The lowest BCUT2D eigenvalue weighted by Crippen LogP contribution is -2.20. The highest BCUT2D eigenvalue weighted by molar-refractivity contribution is 5.65. The van der Waals surface area contributed by atoms with Gasteiger partial charge in [-0.1, -0.05) is 0 Å². The van der Waals surface area contributed by atoms with Crippen LogP contribution in [0.1, 0.15) is 34.1 Å². The van der Waals surface area contributed by atoms with Crippen molar-refractivity contribution in [3.8, 4) is 0 Å². The lowest BCUT2D eigenvalue weighted by Gasteiger charge is -2.19. The molecule has 0 amide bonds. The molecule has 0 unspecified atom stereocenters. The van der Waals surface area contributed by atoms with Crippen LogP contribution in [0, 0.1) is 0 Å². The van der Waals surface area contributed by atoms with Crippen molar-refractivity contribution < 1.29 is 14.3 Å². The smallest absolute Gasteiger partial charge is 0.302 e. The second-order valence-electron chi connectivity index (χ2n) is 3.65. The SMILES string of the molecule is CC(=O)OCCCOC(C)(C)C. The molecule has 0 radical (unpaired) electrons. The minimum Gasteiger partial charge on any atom is -0.466 e. The van der Waals surface area contributed by atoms with E-state index in [0.29, 0.717) is 13.2 Å². The molecule has 0 aliphatic rings. The van der Waals surface area contributed by atoms with Gasteiger partial charge in [0.15, 0.2) is 0 Å². The zero-order valence-corrected chi connectivity index (χ0v) is 8.35. The van der Waals surface area contributed by atoms with E-state index in [2.05, 4.69) is 0 Å². The number of carbonyl (C=O) groups excluding carboxylic acids is 1. The van der Waals surface area contributed by atoms with E-state index in [4.69, 9.17) is 9.47 Å². The molecule has 3 heteroatoms. The third kappa shape index (κ3) is 9.43. The zero-order valence-electron chi connectivity index (χ0n) is 8.35. The lowest BCUT2D eigenvalue weighted by atomic mass is 10.2. The van der Waals surface area contributed by atoms with Gasteiger partial charge in [0.1, 0.15) is 0 Å². The molecule has 0 aliphatic carbocycles. The van der Waals surface area contributed by atoms with E-state index in [0.717, 1.165) is 6.42 Å². The molecule has 0 spiro atoms. The molecule has 0 bridgehead atoms. The molecule has 72 valence electrons. The Labute approximate surface area is 74.0 Å². The molecule has 0 fully saturated rings. The molecule has 0 aromatic heterocycles. The maximum absolute atomic E-state index is 10.3. The van der Waals surface area contributed by atoms with E-state index in [1.165, 1.54) is 6.92 Å². The number of hydrogen-bond donors (Lipinski definition) is 0. The van der Waals surface area contributed by atoms with Gasteiger partial charge in [0, 0.05) is 13.3 Å². The van der Waals surface area contributed by atoms with Gasteiger partial charge in [-0.3, -0.25) is 4.79 Å². The van der Waals surface area contributed by atoms with Crippen LogP contribution in [0.2, 0.25) is 0 Å². The average molecular weight is 174 g/mol. The first-order valence-corrected chi connectivity index (χ1v) is 4.19. The summed E-state index contributed by atoms with van der Waals surface area (Å²) < 4.78 is 10.2. The second-order valence-corrected chi connectivity index (χ2v) is 3.65. The van der Waals surface area contributed by atoms with Crippen molar-refractivity contribution in [3.63, 3.8) is 0 Å². The number of esters is 1. The van der Waals surface area contributed by atoms with E-state index in [1.807, 2.05) is 20.8 Å². The van der Waals surface area contributed by atoms with Crippen molar-refractivity contribution in [2.45, 2.75) is 39.7 Å². The standard InChI is InChI=1S/C9H18O3/c1-8(10)11-6-5-7-12-9(2,3)4/h5-7H2,1-4H3. The number of hydrogen-bond acceptors (Lipinski definition) is 3. The third-order valence-corrected chi connectivity index (χ3v) is 1.13. The van der Waals surface area contributed by atoms with Crippen molar-refractivity contribution in [2.75, 3.05) is 13.2 Å². The van der Waals surface area contributed by atoms with Gasteiger partial charge in [-0.05, 0) is 20.8 Å². The van der Waals surface area contributed by atoms with E-state index in [-0.39, 0.29) is 11.6 Å². The van der Waals surface area contributed by atoms with Crippen LogP contribution in [0.25, 0.3) is 0 Å². The highest BCUT2D eigenvalue weighted by atomic mass is 16.5. The first-order valence-electron chi connectivity index (χ1n) is 4.19. The summed E-state index contributed by atoms with van der Waals surface area (Å²) in [6, 6.07) is 0. The largest absolute Gasteiger partial charge is 0.466 e. The summed E-state index contributed by atoms with van der Waals surface area (Å²) in [5.74, 6) is -0.231. The summed E-state index contributed by atoms with van der Waals surface area (Å²) in [4.78, 5) is 10.3. The maximum Gasteiger partial charge on any atom is 0.302 e. The number of ether oxygens (including phenoxy) is 2. The number of rotatable bonds is 4. The predicted molar refractivity (Wildman–Crippen MR) is 47.0 cm³/mol. The van der Waals surface area contributed by atoms with Crippen LogP contribution in [0.3, 0.4) is 0 Å². The van der Waals surface area contributed by atoms with Crippen molar-refractivity contribution in [1.82, 2.24) is 0 Å². The van der Waals surface area contributed by atoms with Crippen molar-refractivity contribution in [3.05, 3.63) is 0 Å². The van der Waals surface area contributed by atoms with E-state index in [1.54, 1.807) is 0 Å². The normalized spacial score (nSPS) is 11.3. The molecule has 0 saturated heterocycles. The first kappa shape index (κ1) is 11.4. The summed E-state index contributed by atoms with van der Waals surface area (Å²) in [6.07, 6.45) is 0.761.